The number of hydrogen-bond acceptors (Lipinski definition) is 6. The topological polar surface area (TPSA) is 65.1 Å². The van der Waals surface area contributed by atoms with Crippen LogP contribution in [0.1, 0.15) is 19.8 Å². The Bertz CT molecular complexity index is 718. The number of esters is 1. The van der Waals surface area contributed by atoms with Gasteiger partial charge in [0, 0.05) is 57.8 Å². The van der Waals surface area contributed by atoms with Gasteiger partial charge in [-0.25, -0.2) is 4.79 Å². The van der Waals surface area contributed by atoms with E-state index in [1.807, 2.05) is 30.3 Å². The molecule has 30 heavy (non-hydrogen) atoms. The van der Waals surface area contributed by atoms with E-state index in [-0.39, 0.29) is 23.9 Å². The lowest BCUT2D eigenvalue weighted by Gasteiger charge is -2.35. The Morgan fingerprint density at radius 1 is 1.07 bits per heavy atom. The third kappa shape index (κ3) is 6.85. The van der Waals surface area contributed by atoms with Crippen molar-refractivity contribution < 1.29 is 14.3 Å². The monoisotopic (exact) mass is 450 g/mol. The van der Waals surface area contributed by atoms with Crippen molar-refractivity contribution in [3.05, 3.63) is 30.3 Å². The van der Waals surface area contributed by atoms with E-state index in [1.165, 1.54) is 11.8 Å². The number of rotatable bonds is 5. The standard InChI is InChI=1S/C21H30N4O3S2/c1-2-23-12-14-25(15-13-23)21(29)30-16-19(26)28-18-8-10-24(11-9-18)20(27)22-17-6-4-3-5-7-17/h3-7,18H,2,8-16H2,1H3,(H,22,27). The molecule has 164 valence electrons. The van der Waals surface area contributed by atoms with Crippen molar-refractivity contribution >= 4 is 46.0 Å². The molecule has 0 bridgehead atoms. The summed E-state index contributed by atoms with van der Waals surface area (Å²) in [4.78, 5) is 30.9. The number of anilines is 1. The average molecular weight is 451 g/mol. The summed E-state index contributed by atoms with van der Waals surface area (Å²) in [6.07, 6.45) is 1.17. The van der Waals surface area contributed by atoms with Crippen LogP contribution in [0.3, 0.4) is 0 Å². The molecule has 2 aliphatic rings. The maximum Gasteiger partial charge on any atom is 0.321 e. The van der Waals surface area contributed by atoms with Gasteiger partial charge in [-0.1, -0.05) is 49.1 Å². The first-order chi connectivity index (χ1) is 14.5. The zero-order valence-electron chi connectivity index (χ0n) is 17.4. The maximum atomic E-state index is 12.3. The first-order valence-electron chi connectivity index (χ1n) is 10.5. The molecule has 2 saturated heterocycles. The zero-order chi connectivity index (χ0) is 21.3. The second-order valence-corrected chi connectivity index (χ2v) is 9.06. The number of carbonyl (C=O) groups excluding carboxylic acids is 2. The normalized spacial score (nSPS) is 18.2. The molecule has 0 aliphatic carbocycles. The minimum atomic E-state index is -0.235. The summed E-state index contributed by atoms with van der Waals surface area (Å²) in [7, 11) is 0. The lowest BCUT2D eigenvalue weighted by molar-refractivity contribution is -0.147. The Kier molecular flexibility index (Phi) is 8.77. The molecule has 7 nitrogen and oxygen atoms in total. The van der Waals surface area contributed by atoms with E-state index in [2.05, 4.69) is 22.0 Å². The van der Waals surface area contributed by atoms with Crippen molar-refractivity contribution in [2.75, 3.05) is 56.9 Å². The SMILES string of the molecule is CCN1CCN(C(=S)SCC(=O)OC2CCN(C(=O)Nc3ccccc3)CC2)CC1. The van der Waals surface area contributed by atoms with Crippen molar-refractivity contribution in [3.8, 4) is 0 Å². The highest BCUT2D eigenvalue weighted by molar-refractivity contribution is 8.23. The van der Waals surface area contributed by atoms with Gasteiger partial charge in [-0.15, -0.1) is 0 Å². The molecular formula is C21H30N4O3S2. The number of thioether (sulfide) groups is 1. The number of amides is 2. The van der Waals surface area contributed by atoms with Crippen LogP contribution < -0.4 is 5.32 Å². The molecule has 1 N–H and O–H groups in total. The van der Waals surface area contributed by atoms with Crippen LogP contribution in [0.5, 0.6) is 0 Å². The number of piperazine rings is 1. The molecular weight excluding hydrogens is 420 g/mol. The van der Waals surface area contributed by atoms with Crippen molar-refractivity contribution in [1.82, 2.24) is 14.7 Å². The van der Waals surface area contributed by atoms with E-state index in [0.717, 1.165) is 42.7 Å². The van der Waals surface area contributed by atoms with E-state index in [0.29, 0.717) is 25.9 Å². The molecule has 0 aromatic heterocycles. The lowest BCUT2D eigenvalue weighted by Crippen LogP contribution is -2.47. The number of hydrogen-bond donors (Lipinski definition) is 1. The quantitative estimate of drug-likeness (QED) is 0.547. The van der Waals surface area contributed by atoms with Gasteiger partial charge >= 0.3 is 12.0 Å². The fourth-order valence-electron chi connectivity index (χ4n) is 3.58. The van der Waals surface area contributed by atoms with Gasteiger partial charge in [0.25, 0.3) is 0 Å². The lowest BCUT2D eigenvalue weighted by atomic mass is 10.1. The first kappa shape index (κ1) is 22.8. The minimum Gasteiger partial charge on any atom is -0.462 e. The van der Waals surface area contributed by atoms with Gasteiger partial charge in [0.2, 0.25) is 0 Å². The molecule has 1 aromatic rings. The van der Waals surface area contributed by atoms with E-state index >= 15 is 0 Å². The van der Waals surface area contributed by atoms with E-state index < -0.39 is 0 Å². The number of benzene rings is 1. The van der Waals surface area contributed by atoms with Crippen LogP contribution >= 0.6 is 24.0 Å². The molecule has 0 atom stereocenters. The molecule has 0 saturated carbocycles. The highest BCUT2D eigenvalue weighted by Crippen LogP contribution is 2.18. The fourth-order valence-corrected chi connectivity index (χ4v) is 4.61. The predicted molar refractivity (Wildman–Crippen MR) is 125 cm³/mol. The molecule has 0 spiro atoms. The van der Waals surface area contributed by atoms with Crippen LogP contribution in [0, 0.1) is 0 Å². The van der Waals surface area contributed by atoms with E-state index in [9.17, 15) is 9.59 Å². The second-order valence-electron chi connectivity index (χ2n) is 7.45. The summed E-state index contributed by atoms with van der Waals surface area (Å²) in [5, 5.41) is 2.89. The molecule has 0 unspecified atom stereocenters. The minimum absolute atomic E-state index is 0.116. The number of ether oxygens (including phenoxy) is 1. The van der Waals surface area contributed by atoms with Crippen LogP contribution in [0.4, 0.5) is 10.5 Å². The van der Waals surface area contributed by atoms with E-state index in [4.69, 9.17) is 17.0 Å². The molecule has 1 aromatic carbocycles. The van der Waals surface area contributed by atoms with Gasteiger partial charge < -0.3 is 24.8 Å². The first-order valence-corrected chi connectivity index (χ1v) is 11.9. The fraction of sp³-hybridized carbons (Fsp3) is 0.571. The zero-order valence-corrected chi connectivity index (χ0v) is 19.1. The van der Waals surface area contributed by atoms with Gasteiger partial charge in [-0.2, -0.15) is 0 Å². The van der Waals surface area contributed by atoms with Gasteiger partial charge in [0.1, 0.15) is 10.4 Å². The largest absolute Gasteiger partial charge is 0.462 e. The number of piperidine rings is 1. The number of urea groups is 1. The number of carbonyl (C=O) groups is 2. The van der Waals surface area contributed by atoms with E-state index in [1.54, 1.807) is 4.90 Å². The van der Waals surface area contributed by atoms with Crippen LogP contribution in [0.25, 0.3) is 0 Å². The van der Waals surface area contributed by atoms with Crippen LogP contribution in [-0.4, -0.2) is 88.7 Å². The van der Waals surface area contributed by atoms with Crippen molar-refractivity contribution in [3.63, 3.8) is 0 Å². The number of thiocarbonyl (C=S) groups is 1. The van der Waals surface area contributed by atoms with Gasteiger partial charge in [-0.3, -0.25) is 4.79 Å². The Morgan fingerprint density at radius 2 is 1.73 bits per heavy atom. The number of likely N-dealkylation sites (tertiary alicyclic amines) is 1. The Balaban J connectivity index is 1.32. The Morgan fingerprint density at radius 3 is 2.37 bits per heavy atom. The molecule has 2 heterocycles. The smallest absolute Gasteiger partial charge is 0.321 e. The van der Waals surface area contributed by atoms with Crippen molar-refractivity contribution in [2.24, 2.45) is 0 Å². The third-order valence-corrected chi connectivity index (χ3v) is 6.94. The van der Waals surface area contributed by atoms with Crippen molar-refractivity contribution in [2.45, 2.75) is 25.9 Å². The number of likely N-dealkylation sites (N-methyl/N-ethyl adjacent to an activating group) is 1. The number of para-hydroxylation sites is 1. The molecule has 2 fully saturated rings. The number of nitrogens with zero attached hydrogens (tertiary/aromatic N) is 3. The summed E-state index contributed by atoms with van der Waals surface area (Å²) in [5.41, 5.74) is 0.778. The highest BCUT2D eigenvalue weighted by atomic mass is 32.2. The second kappa shape index (κ2) is 11.5. The van der Waals surface area contributed by atoms with Crippen LogP contribution in [0.2, 0.25) is 0 Å². The molecule has 0 radical (unpaired) electrons. The number of nitrogens with one attached hydrogen (secondary N) is 1. The van der Waals surface area contributed by atoms with Gasteiger partial charge in [0.15, 0.2) is 0 Å². The Labute approximate surface area is 188 Å². The molecule has 9 heteroatoms. The van der Waals surface area contributed by atoms with Crippen LogP contribution in [-0.2, 0) is 9.53 Å². The highest BCUT2D eigenvalue weighted by Gasteiger charge is 2.26. The van der Waals surface area contributed by atoms with Crippen LogP contribution in [0.15, 0.2) is 30.3 Å². The van der Waals surface area contributed by atoms with Gasteiger partial charge in [0.05, 0.1) is 5.75 Å². The third-order valence-electron chi connectivity index (χ3n) is 5.44. The van der Waals surface area contributed by atoms with Gasteiger partial charge in [-0.05, 0) is 18.7 Å². The van der Waals surface area contributed by atoms with Crippen molar-refractivity contribution in [1.29, 1.82) is 0 Å². The molecule has 2 aliphatic heterocycles. The summed E-state index contributed by atoms with van der Waals surface area (Å²) >= 11 is 6.87. The summed E-state index contributed by atoms with van der Waals surface area (Å²) < 4.78 is 6.38. The summed E-state index contributed by atoms with van der Waals surface area (Å²) in [6, 6.07) is 9.28. The summed E-state index contributed by atoms with van der Waals surface area (Å²) in [6.45, 7) is 8.23. The summed E-state index contributed by atoms with van der Waals surface area (Å²) in [5.74, 6) is 0.00312. The predicted octanol–water partition coefficient (Wildman–Crippen LogP) is 2.88. The molecule has 2 amide bonds. The Hall–Kier alpha value is -1.84. The average Bonchev–Trinajstić information content (AvgIpc) is 2.78. The maximum absolute atomic E-state index is 12.3. The molecule has 3 rings (SSSR count).